The molecule has 7 nitrogen and oxygen atoms in total. The Kier molecular flexibility index (Phi) is 8.87. The molecular weight excluding hydrogens is 380 g/mol. The van der Waals surface area contributed by atoms with Crippen molar-refractivity contribution in [3.8, 4) is 5.75 Å². The maximum Gasteiger partial charge on any atom is 0.262 e. The van der Waals surface area contributed by atoms with Gasteiger partial charge in [-0.1, -0.05) is 24.3 Å². The molecule has 2 aromatic rings. The fourth-order valence-electron chi connectivity index (χ4n) is 2.91. The molecule has 0 spiro atoms. The first-order valence-electron chi connectivity index (χ1n) is 10.1. The predicted molar refractivity (Wildman–Crippen MR) is 120 cm³/mol. The van der Waals surface area contributed by atoms with Gasteiger partial charge in [-0.2, -0.15) is 5.10 Å². The van der Waals surface area contributed by atoms with Crippen LogP contribution in [-0.4, -0.2) is 44.3 Å². The SMILES string of the molecule is CCN(CC)c1ccc(C=NNC(=O)C(C)NC(=O)Cc2ccc(OC)cc2)cc1. The van der Waals surface area contributed by atoms with Gasteiger partial charge in [0.15, 0.2) is 0 Å². The van der Waals surface area contributed by atoms with Crippen LogP contribution in [0.3, 0.4) is 0 Å². The van der Waals surface area contributed by atoms with E-state index in [2.05, 4.69) is 34.6 Å². The molecule has 0 fully saturated rings. The molecule has 0 radical (unpaired) electrons. The van der Waals surface area contributed by atoms with Gasteiger partial charge in [0.05, 0.1) is 19.7 Å². The Balaban J connectivity index is 1.81. The third-order valence-corrected chi connectivity index (χ3v) is 4.70. The first-order valence-corrected chi connectivity index (χ1v) is 10.1. The van der Waals surface area contributed by atoms with Crippen LogP contribution in [0, 0.1) is 0 Å². The summed E-state index contributed by atoms with van der Waals surface area (Å²) in [5.41, 5.74) is 5.33. The second-order valence-corrected chi connectivity index (χ2v) is 6.81. The molecule has 2 amide bonds. The summed E-state index contributed by atoms with van der Waals surface area (Å²) < 4.78 is 5.10. The van der Waals surface area contributed by atoms with Gasteiger partial charge in [0, 0.05) is 18.8 Å². The summed E-state index contributed by atoms with van der Waals surface area (Å²) in [5, 5.41) is 6.66. The third-order valence-electron chi connectivity index (χ3n) is 4.70. The number of hydrazone groups is 1. The van der Waals surface area contributed by atoms with Crippen LogP contribution in [0.2, 0.25) is 0 Å². The van der Waals surface area contributed by atoms with Crippen LogP contribution in [0.4, 0.5) is 5.69 Å². The number of nitrogens with one attached hydrogen (secondary N) is 2. The smallest absolute Gasteiger partial charge is 0.262 e. The lowest BCUT2D eigenvalue weighted by Gasteiger charge is -2.20. The predicted octanol–water partition coefficient (Wildman–Crippen LogP) is 2.74. The van der Waals surface area contributed by atoms with Crippen LogP contribution in [0.15, 0.2) is 53.6 Å². The molecule has 0 aromatic heterocycles. The van der Waals surface area contributed by atoms with Gasteiger partial charge in [-0.3, -0.25) is 9.59 Å². The average Bonchev–Trinajstić information content (AvgIpc) is 2.76. The molecule has 0 heterocycles. The zero-order valence-electron chi connectivity index (χ0n) is 18.0. The van der Waals surface area contributed by atoms with Crippen molar-refractivity contribution in [2.24, 2.45) is 5.10 Å². The number of nitrogens with zero attached hydrogens (tertiary/aromatic N) is 2. The van der Waals surface area contributed by atoms with Gasteiger partial charge in [-0.05, 0) is 56.2 Å². The number of carbonyl (C=O) groups excluding carboxylic acids is 2. The molecule has 30 heavy (non-hydrogen) atoms. The Labute approximate surface area is 178 Å². The first-order chi connectivity index (χ1) is 14.5. The summed E-state index contributed by atoms with van der Waals surface area (Å²) in [7, 11) is 1.59. The number of carbonyl (C=O) groups is 2. The Hall–Kier alpha value is -3.35. The summed E-state index contributed by atoms with van der Waals surface area (Å²) in [6.45, 7) is 7.75. The number of hydrogen-bond donors (Lipinski definition) is 2. The highest BCUT2D eigenvalue weighted by atomic mass is 16.5. The van der Waals surface area contributed by atoms with Crippen LogP contribution in [-0.2, 0) is 16.0 Å². The number of rotatable bonds is 10. The lowest BCUT2D eigenvalue weighted by molar-refractivity contribution is -0.128. The fraction of sp³-hybridized carbons (Fsp3) is 0.348. The molecule has 0 saturated carbocycles. The highest BCUT2D eigenvalue weighted by molar-refractivity contribution is 5.89. The summed E-state index contributed by atoms with van der Waals surface area (Å²) in [6, 6.07) is 14.5. The van der Waals surface area contributed by atoms with Crippen LogP contribution >= 0.6 is 0 Å². The molecule has 0 bridgehead atoms. The lowest BCUT2D eigenvalue weighted by atomic mass is 10.1. The molecule has 0 aliphatic rings. The van der Waals surface area contributed by atoms with Gasteiger partial charge in [-0.15, -0.1) is 0 Å². The van der Waals surface area contributed by atoms with E-state index in [1.807, 2.05) is 36.4 Å². The number of benzene rings is 2. The van der Waals surface area contributed by atoms with Crippen LogP contribution in [0.1, 0.15) is 31.9 Å². The quantitative estimate of drug-likeness (QED) is 0.466. The van der Waals surface area contributed by atoms with Crippen LogP contribution in [0.25, 0.3) is 0 Å². The van der Waals surface area contributed by atoms with Crippen molar-refractivity contribution < 1.29 is 14.3 Å². The van der Waals surface area contributed by atoms with E-state index >= 15 is 0 Å². The second kappa shape index (κ2) is 11.6. The van der Waals surface area contributed by atoms with Crippen molar-refractivity contribution in [3.05, 3.63) is 59.7 Å². The van der Waals surface area contributed by atoms with Gasteiger partial charge in [0.1, 0.15) is 11.8 Å². The van der Waals surface area contributed by atoms with Gasteiger partial charge in [0.25, 0.3) is 5.91 Å². The minimum absolute atomic E-state index is 0.184. The Morgan fingerprint density at radius 2 is 1.70 bits per heavy atom. The number of ether oxygens (including phenoxy) is 1. The fourth-order valence-corrected chi connectivity index (χ4v) is 2.91. The van der Waals surface area contributed by atoms with E-state index in [0.717, 1.165) is 35.7 Å². The van der Waals surface area contributed by atoms with Crippen molar-refractivity contribution in [2.45, 2.75) is 33.2 Å². The Morgan fingerprint density at radius 3 is 2.27 bits per heavy atom. The van der Waals surface area contributed by atoms with Crippen molar-refractivity contribution in [3.63, 3.8) is 0 Å². The normalized spacial score (nSPS) is 11.7. The molecule has 2 rings (SSSR count). The van der Waals surface area contributed by atoms with Gasteiger partial charge >= 0.3 is 0 Å². The van der Waals surface area contributed by atoms with Gasteiger partial charge in [-0.25, -0.2) is 5.43 Å². The van der Waals surface area contributed by atoms with E-state index in [9.17, 15) is 9.59 Å². The highest BCUT2D eigenvalue weighted by Crippen LogP contribution is 2.14. The van der Waals surface area contributed by atoms with Gasteiger partial charge < -0.3 is 15.0 Å². The molecule has 0 aliphatic carbocycles. The molecular formula is C23H30N4O3. The molecule has 1 atom stereocenters. The number of hydrogen-bond acceptors (Lipinski definition) is 5. The van der Waals surface area contributed by atoms with E-state index in [1.54, 1.807) is 32.4 Å². The largest absolute Gasteiger partial charge is 0.497 e. The van der Waals surface area contributed by atoms with Crippen molar-refractivity contribution >= 4 is 23.7 Å². The van der Waals surface area contributed by atoms with Gasteiger partial charge in [0.2, 0.25) is 5.91 Å². The molecule has 2 N–H and O–H groups in total. The summed E-state index contributed by atoms with van der Waals surface area (Å²) in [5.74, 6) is 0.111. The Bertz CT molecular complexity index is 844. The summed E-state index contributed by atoms with van der Waals surface area (Å²) >= 11 is 0. The Morgan fingerprint density at radius 1 is 1.07 bits per heavy atom. The number of anilines is 1. The second-order valence-electron chi connectivity index (χ2n) is 6.81. The monoisotopic (exact) mass is 410 g/mol. The van der Waals surface area contributed by atoms with E-state index in [0.29, 0.717) is 0 Å². The van der Waals surface area contributed by atoms with E-state index < -0.39 is 6.04 Å². The maximum atomic E-state index is 12.2. The molecule has 0 aliphatic heterocycles. The molecule has 7 heteroatoms. The zero-order valence-corrected chi connectivity index (χ0v) is 18.0. The lowest BCUT2D eigenvalue weighted by Crippen LogP contribution is -2.43. The van der Waals surface area contributed by atoms with E-state index in [1.165, 1.54) is 0 Å². The van der Waals surface area contributed by atoms with Crippen LogP contribution < -0.4 is 20.4 Å². The highest BCUT2D eigenvalue weighted by Gasteiger charge is 2.15. The summed E-state index contributed by atoms with van der Waals surface area (Å²) in [4.78, 5) is 26.6. The molecule has 160 valence electrons. The minimum Gasteiger partial charge on any atom is -0.497 e. The van der Waals surface area contributed by atoms with Crippen molar-refractivity contribution in [2.75, 3.05) is 25.1 Å². The van der Waals surface area contributed by atoms with E-state index in [4.69, 9.17) is 4.74 Å². The average molecular weight is 411 g/mol. The number of amides is 2. The minimum atomic E-state index is -0.696. The number of methoxy groups -OCH3 is 1. The molecule has 0 saturated heterocycles. The van der Waals surface area contributed by atoms with Crippen molar-refractivity contribution in [1.82, 2.24) is 10.7 Å². The first kappa shape index (κ1) is 22.9. The van der Waals surface area contributed by atoms with E-state index in [-0.39, 0.29) is 18.2 Å². The zero-order chi connectivity index (χ0) is 21.9. The maximum absolute atomic E-state index is 12.2. The van der Waals surface area contributed by atoms with Crippen LogP contribution in [0.5, 0.6) is 5.75 Å². The third kappa shape index (κ3) is 6.92. The molecule has 1 unspecified atom stereocenters. The molecule has 2 aromatic carbocycles. The standard InChI is InChI=1S/C23H30N4O3/c1-5-27(6-2)20-11-7-19(8-12-20)16-24-26-23(29)17(3)25-22(28)15-18-9-13-21(30-4)14-10-18/h7-14,16-17H,5-6,15H2,1-4H3,(H,25,28)(H,26,29). The van der Waals surface area contributed by atoms with Crippen molar-refractivity contribution in [1.29, 1.82) is 0 Å². The topological polar surface area (TPSA) is 83.0 Å². The summed E-state index contributed by atoms with van der Waals surface area (Å²) in [6.07, 6.45) is 1.76.